The van der Waals surface area contributed by atoms with E-state index in [2.05, 4.69) is 12.2 Å². The van der Waals surface area contributed by atoms with Gasteiger partial charge in [-0.3, -0.25) is 9.59 Å². The van der Waals surface area contributed by atoms with E-state index >= 15 is 0 Å². The molecule has 1 saturated heterocycles. The van der Waals surface area contributed by atoms with Crippen LogP contribution in [0.5, 0.6) is 0 Å². The highest BCUT2D eigenvalue weighted by atomic mass is 35.5. The third-order valence-corrected chi connectivity index (χ3v) is 9.59. The summed E-state index contributed by atoms with van der Waals surface area (Å²) in [6, 6.07) is 5.51. The largest absolute Gasteiger partial charge is 0.274 e. The Bertz CT molecular complexity index is 1000. The number of anilines is 1. The second kappa shape index (κ2) is 5.88. The first kappa shape index (κ1) is 17.8. The zero-order chi connectivity index (χ0) is 20.3. The molecule has 5 saturated carbocycles. The van der Waals surface area contributed by atoms with Crippen LogP contribution < -0.4 is 4.90 Å². The molecule has 0 N–H and O–H groups in total. The number of halogens is 1. The van der Waals surface area contributed by atoms with E-state index in [-0.39, 0.29) is 35.5 Å². The summed E-state index contributed by atoms with van der Waals surface area (Å²) in [4.78, 5) is 28.5. The van der Waals surface area contributed by atoms with Gasteiger partial charge in [0.05, 0.1) is 17.5 Å². The molecular weight excluding hydrogens is 394 g/mol. The monoisotopic (exact) mass is 419 g/mol. The minimum absolute atomic E-state index is 0.0244. The molecule has 8 rings (SSSR count). The van der Waals surface area contributed by atoms with E-state index in [1.54, 1.807) is 11.6 Å². The summed E-state index contributed by atoms with van der Waals surface area (Å²) in [6.07, 6.45) is 11.3. The SMILES string of the molecule is Cc1ccc(N2C(=O)[C@@H]3[C@H](C2=O)[C@@H]2C=C[C@H]3C2=C2C3CC4CC(C3)CC2C4)cc1Cl. The molecule has 0 spiro atoms. The lowest BCUT2D eigenvalue weighted by atomic mass is 9.53. The fourth-order valence-corrected chi connectivity index (χ4v) is 8.46. The molecule has 6 aliphatic carbocycles. The number of nitrogens with zero attached hydrogens (tertiary/aromatic N) is 1. The molecule has 3 nitrogen and oxygen atoms in total. The Balaban J connectivity index is 1.28. The number of rotatable bonds is 1. The zero-order valence-corrected chi connectivity index (χ0v) is 17.9. The molecule has 0 unspecified atom stereocenters. The van der Waals surface area contributed by atoms with Gasteiger partial charge in [-0.1, -0.05) is 41.0 Å². The molecule has 1 aromatic carbocycles. The predicted octanol–water partition coefficient (Wildman–Crippen LogP) is 5.32. The van der Waals surface area contributed by atoms with Crippen molar-refractivity contribution in [2.75, 3.05) is 4.90 Å². The second-order valence-electron chi connectivity index (χ2n) is 10.6. The number of aryl methyl sites for hydroxylation is 1. The maximum Gasteiger partial charge on any atom is 0.238 e. The van der Waals surface area contributed by atoms with Gasteiger partial charge in [0.15, 0.2) is 0 Å². The lowest BCUT2D eigenvalue weighted by Gasteiger charge is -2.52. The van der Waals surface area contributed by atoms with Gasteiger partial charge in [0.25, 0.3) is 0 Å². The molecule has 30 heavy (non-hydrogen) atoms. The van der Waals surface area contributed by atoms with Crippen LogP contribution in [0.1, 0.15) is 37.7 Å². The van der Waals surface area contributed by atoms with E-state index in [0.717, 1.165) is 29.2 Å². The number of benzene rings is 1. The van der Waals surface area contributed by atoms with Crippen molar-refractivity contribution in [2.24, 2.45) is 47.3 Å². The van der Waals surface area contributed by atoms with E-state index in [4.69, 9.17) is 11.6 Å². The van der Waals surface area contributed by atoms with Crippen molar-refractivity contribution in [1.82, 2.24) is 0 Å². The van der Waals surface area contributed by atoms with Gasteiger partial charge in [0, 0.05) is 16.9 Å². The highest BCUT2D eigenvalue weighted by Gasteiger charge is 2.63. The molecule has 4 atom stereocenters. The van der Waals surface area contributed by atoms with E-state index in [0.29, 0.717) is 10.7 Å². The number of hydrogen-bond acceptors (Lipinski definition) is 2. The van der Waals surface area contributed by atoms with Crippen LogP contribution in [-0.4, -0.2) is 11.8 Å². The zero-order valence-electron chi connectivity index (χ0n) is 17.2. The summed E-state index contributed by atoms with van der Waals surface area (Å²) in [5.74, 6) is 3.08. The number of carbonyl (C=O) groups excluding carboxylic acids is 2. The van der Waals surface area contributed by atoms with Crippen LogP contribution in [0.15, 0.2) is 41.5 Å². The predicted molar refractivity (Wildman–Crippen MR) is 116 cm³/mol. The van der Waals surface area contributed by atoms with Crippen LogP contribution >= 0.6 is 11.6 Å². The number of allylic oxidation sites excluding steroid dienone is 4. The summed E-state index contributed by atoms with van der Waals surface area (Å²) in [5.41, 5.74) is 4.75. The normalized spacial score (nSPS) is 42.8. The number of fused-ring (bicyclic) bond motifs is 5. The second-order valence-corrected chi connectivity index (χ2v) is 11.1. The van der Waals surface area contributed by atoms with Crippen molar-refractivity contribution in [3.05, 3.63) is 52.1 Å². The quantitative estimate of drug-likeness (QED) is 0.456. The maximum atomic E-state index is 13.5. The number of imide groups is 1. The van der Waals surface area contributed by atoms with Gasteiger partial charge in [-0.25, -0.2) is 4.90 Å². The maximum absolute atomic E-state index is 13.5. The van der Waals surface area contributed by atoms with E-state index in [1.807, 2.05) is 19.1 Å². The van der Waals surface area contributed by atoms with E-state index in [9.17, 15) is 9.59 Å². The van der Waals surface area contributed by atoms with Crippen molar-refractivity contribution in [1.29, 1.82) is 0 Å². The van der Waals surface area contributed by atoms with Gasteiger partial charge in [-0.2, -0.15) is 0 Å². The molecule has 1 aliphatic heterocycles. The van der Waals surface area contributed by atoms with E-state index in [1.165, 1.54) is 42.6 Å². The highest BCUT2D eigenvalue weighted by molar-refractivity contribution is 6.32. The third kappa shape index (κ3) is 2.12. The molecule has 6 fully saturated rings. The van der Waals surface area contributed by atoms with Crippen LogP contribution in [0.3, 0.4) is 0 Å². The van der Waals surface area contributed by atoms with Crippen molar-refractivity contribution in [3.63, 3.8) is 0 Å². The van der Waals surface area contributed by atoms with Crippen LogP contribution in [0.25, 0.3) is 0 Å². The molecule has 4 heteroatoms. The minimum atomic E-state index is -0.215. The fourth-order valence-electron chi connectivity index (χ4n) is 8.29. The lowest BCUT2D eigenvalue weighted by Crippen LogP contribution is -2.41. The highest BCUT2D eigenvalue weighted by Crippen LogP contribution is 2.63. The average Bonchev–Trinajstić information content (AvgIpc) is 3.33. The summed E-state index contributed by atoms with van der Waals surface area (Å²) >= 11 is 6.30. The Morgan fingerprint density at radius 2 is 1.40 bits per heavy atom. The van der Waals surface area contributed by atoms with Gasteiger partial charge in [0.2, 0.25) is 11.8 Å². The van der Waals surface area contributed by atoms with Crippen molar-refractivity contribution in [3.8, 4) is 0 Å². The molecule has 1 aromatic rings. The summed E-state index contributed by atoms with van der Waals surface area (Å²) in [7, 11) is 0. The first-order valence-corrected chi connectivity index (χ1v) is 11.9. The molecular formula is C26H26ClNO2. The average molecular weight is 420 g/mol. The Labute approximate surface area is 182 Å². The van der Waals surface area contributed by atoms with Gasteiger partial charge in [-0.15, -0.1) is 0 Å². The van der Waals surface area contributed by atoms with Crippen molar-refractivity contribution >= 4 is 29.1 Å². The first-order chi connectivity index (χ1) is 14.5. The Hall–Kier alpha value is -1.87. The molecule has 0 radical (unpaired) electrons. The minimum Gasteiger partial charge on any atom is -0.274 e. The fraction of sp³-hybridized carbons (Fsp3) is 0.538. The number of carbonyl (C=O) groups is 2. The van der Waals surface area contributed by atoms with Gasteiger partial charge < -0.3 is 0 Å². The third-order valence-electron chi connectivity index (χ3n) is 9.18. The molecule has 7 aliphatic rings. The smallest absolute Gasteiger partial charge is 0.238 e. The lowest BCUT2D eigenvalue weighted by molar-refractivity contribution is -0.122. The number of amides is 2. The molecule has 154 valence electrons. The molecule has 6 bridgehead atoms. The Morgan fingerprint density at radius 1 is 0.833 bits per heavy atom. The number of hydrogen-bond donors (Lipinski definition) is 0. The van der Waals surface area contributed by atoms with Crippen LogP contribution in [-0.2, 0) is 9.59 Å². The van der Waals surface area contributed by atoms with Crippen LogP contribution in [0, 0.1) is 54.3 Å². The van der Waals surface area contributed by atoms with E-state index < -0.39 is 0 Å². The van der Waals surface area contributed by atoms with Gasteiger partial charge >= 0.3 is 0 Å². The van der Waals surface area contributed by atoms with Crippen LogP contribution in [0.2, 0.25) is 5.02 Å². The summed E-state index contributed by atoms with van der Waals surface area (Å²) in [6.45, 7) is 1.93. The topological polar surface area (TPSA) is 37.4 Å². The standard InChI is InChI=1S/C26H26ClNO2/c1-12-2-3-17(11-20(12)27)28-25(29)23-18-4-5-19(24(23)26(28)30)22(18)21-15-7-13-6-14(9-15)10-16(21)8-13/h2-5,11,13-16,18-19,23-24H,6-10H2,1H3/t13?,14?,15?,16?,18-,19+,23-,24+. The van der Waals surface area contributed by atoms with Crippen LogP contribution in [0.4, 0.5) is 5.69 Å². The summed E-state index contributed by atoms with van der Waals surface area (Å²) in [5, 5.41) is 0.600. The summed E-state index contributed by atoms with van der Waals surface area (Å²) < 4.78 is 0. The van der Waals surface area contributed by atoms with Crippen molar-refractivity contribution in [2.45, 2.75) is 39.0 Å². The van der Waals surface area contributed by atoms with Crippen molar-refractivity contribution < 1.29 is 9.59 Å². The Morgan fingerprint density at radius 3 is 1.93 bits per heavy atom. The molecule has 1 heterocycles. The molecule has 0 aromatic heterocycles. The first-order valence-electron chi connectivity index (χ1n) is 11.6. The molecule has 2 amide bonds. The van der Waals surface area contributed by atoms with Gasteiger partial charge in [-0.05, 0) is 80.4 Å². The Kier molecular flexibility index (Phi) is 3.48. The van der Waals surface area contributed by atoms with Gasteiger partial charge in [0.1, 0.15) is 0 Å².